The Bertz CT molecular complexity index is 1500. The maximum absolute atomic E-state index is 12.9. The number of nitrogens with one attached hydrogen (secondary N) is 1. The first-order chi connectivity index (χ1) is 15.1. The Morgan fingerprint density at radius 2 is 1.71 bits per heavy atom. The van der Waals surface area contributed by atoms with E-state index in [1.807, 2.05) is 61.5 Å². The molecule has 0 amide bonds. The summed E-state index contributed by atoms with van der Waals surface area (Å²) in [6.45, 7) is 2.19. The molecule has 0 aliphatic carbocycles. The number of hydrogen-bond acceptors (Lipinski definition) is 5. The maximum atomic E-state index is 12.9. The summed E-state index contributed by atoms with van der Waals surface area (Å²) in [5.41, 5.74) is 3.07. The van der Waals surface area contributed by atoms with Gasteiger partial charge in [0.15, 0.2) is 0 Å². The Morgan fingerprint density at radius 3 is 2.48 bits per heavy atom. The molecule has 0 atom stereocenters. The van der Waals surface area contributed by atoms with Gasteiger partial charge in [0.2, 0.25) is 5.82 Å². The van der Waals surface area contributed by atoms with Gasteiger partial charge in [0.05, 0.1) is 17.4 Å². The van der Waals surface area contributed by atoms with E-state index in [0.717, 1.165) is 16.7 Å². The van der Waals surface area contributed by atoms with Crippen molar-refractivity contribution in [3.05, 3.63) is 105 Å². The van der Waals surface area contributed by atoms with Crippen molar-refractivity contribution in [1.29, 1.82) is 0 Å². The molecule has 152 valence electrons. The minimum absolute atomic E-state index is 0.205. The van der Waals surface area contributed by atoms with Gasteiger partial charge in [0.1, 0.15) is 0 Å². The normalized spacial score (nSPS) is 11.1. The van der Waals surface area contributed by atoms with Crippen molar-refractivity contribution in [2.75, 3.05) is 0 Å². The van der Waals surface area contributed by atoms with Crippen molar-refractivity contribution in [3.63, 3.8) is 0 Å². The van der Waals surface area contributed by atoms with Crippen molar-refractivity contribution in [3.8, 4) is 22.8 Å². The summed E-state index contributed by atoms with van der Waals surface area (Å²) >= 11 is 0. The summed E-state index contributed by atoms with van der Waals surface area (Å²) in [5.74, 6) is 0.781. The van der Waals surface area contributed by atoms with Gasteiger partial charge in [-0.15, -0.1) is 0 Å². The largest absolute Gasteiger partial charge is 0.334 e. The van der Waals surface area contributed by atoms with Gasteiger partial charge in [-0.25, -0.2) is 4.79 Å². The van der Waals surface area contributed by atoms with Gasteiger partial charge in [0, 0.05) is 11.1 Å². The second kappa shape index (κ2) is 7.53. The average molecular weight is 410 g/mol. The zero-order chi connectivity index (χ0) is 21.4. The molecule has 0 radical (unpaired) electrons. The van der Waals surface area contributed by atoms with Crippen LogP contribution in [0.3, 0.4) is 0 Å². The smallest absolute Gasteiger partial charge is 0.329 e. The van der Waals surface area contributed by atoms with Crippen molar-refractivity contribution in [2.24, 2.45) is 0 Å². The lowest BCUT2D eigenvalue weighted by Crippen LogP contribution is -2.35. The van der Waals surface area contributed by atoms with E-state index in [1.54, 1.807) is 18.2 Å². The minimum atomic E-state index is -0.467. The molecular weight excluding hydrogens is 392 g/mol. The highest BCUT2D eigenvalue weighted by Gasteiger charge is 2.14. The molecule has 1 N–H and O–H groups in total. The Morgan fingerprint density at radius 1 is 0.935 bits per heavy atom. The average Bonchev–Trinajstić information content (AvgIpc) is 3.28. The van der Waals surface area contributed by atoms with Crippen LogP contribution in [0.2, 0.25) is 0 Å². The molecular formula is C24H18N4O3. The third kappa shape index (κ3) is 3.57. The highest BCUT2D eigenvalue weighted by molar-refractivity contribution is 5.82. The van der Waals surface area contributed by atoms with Crippen LogP contribution in [0.25, 0.3) is 33.7 Å². The molecule has 5 aromatic rings. The highest BCUT2D eigenvalue weighted by Crippen LogP contribution is 2.23. The lowest BCUT2D eigenvalue weighted by Gasteiger charge is -2.07. The predicted molar refractivity (Wildman–Crippen MR) is 118 cm³/mol. The van der Waals surface area contributed by atoms with Crippen LogP contribution >= 0.6 is 0 Å². The number of nitrogens with zero attached hydrogens (tertiary/aromatic N) is 3. The zero-order valence-corrected chi connectivity index (χ0v) is 16.7. The van der Waals surface area contributed by atoms with E-state index in [0.29, 0.717) is 28.2 Å². The van der Waals surface area contributed by atoms with Crippen LogP contribution in [0.1, 0.15) is 11.1 Å². The van der Waals surface area contributed by atoms with E-state index in [1.165, 1.54) is 4.57 Å². The van der Waals surface area contributed by atoms with Gasteiger partial charge in [-0.2, -0.15) is 4.98 Å². The highest BCUT2D eigenvalue weighted by atomic mass is 16.5. The van der Waals surface area contributed by atoms with Gasteiger partial charge in [0.25, 0.3) is 11.4 Å². The van der Waals surface area contributed by atoms with Crippen molar-refractivity contribution in [2.45, 2.75) is 13.5 Å². The van der Waals surface area contributed by atoms with Gasteiger partial charge in [-0.1, -0.05) is 65.3 Å². The molecule has 0 aliphatic heterocycles. The molecule has 3 aromatic carbocycles. The second-order valence-electron chi connectivity index (χ2n) is 7.36. The topological polar surface area (TPSA) is 93.8 Å². The first kappa shape index (κ1) is 18.7. The number of rotatable bonds is 4. The van der Waals surface area contributed by atoms with Gasteiger partial charge in [-0.3, -0.25) is 9.36 Å². The van der Waals surface area contributed by atoms with E-state index in [9.17, 15) is 9.59 Å². The number of aromatic nitrogens is 4. The molecule has 0 fully saturated rings. The van der Waals surface area contributed by atoms with Crippen molar-refractivity contribution < 1.29 is 4.52 Å². The Kier molecular flexibility index (Phi) is 4.55. The minimum Gasteiger partial charge on any atom is -0.334 e. The van der Waals surface area contributed by atoms with Crippen LogP contribution in [-0.2, 0) is 6.54 Å². The quantitative estimate of drug-likeness (QED) is 0.487. The summed E-state index contributed by atoms with van der Waals surface area (Å²) in [7, 11) is 0. The van der Waals surface area contributed by atoms with Crippen molar-refractivity contribution in [1.82, 2.24) is 19.7 Å². The van der Waals surface area contributed by atoms with E-state index in [2.05, 4.69) is 15.1 Å². The fourth-order valence-electron chi connectivity index (χ4n) is 3.45. The van der Waals surface area contributed by atoms with Crippen LogP contribution < -0.4 is 11.2 Å². The Labute approximate surface area is 176 Å². The third-order valence-corrected chi connectivity index (χ3v) is 5.15. The summed E-state index contributed by atoms with van der Waals surface area (Å²) in [5, 5.41) is 4.44. The second-order valence-corrected chi connectivity index (χ2v) is 7.36. The van der Waals surface area contributed by atoms with Crippen LogP contribution in [0.5, 0.6) is 0 Å². The molecule has 7 nitrogen and oxygen atoms in total. The third-order valence-electron chi connectivity index (χ3n) is 5.15. The monoisotopic (exact) mass is 410 g/mol. The fourth-order valence-corrected chi connectivity index (χ4v) is 3.45. The van der Waals surface area contributed by atoms with Crippen LogP contribution in [-0.4, -0.2) is 19.7 Å². The zero-order valence-electron chi connectivity index (χ0n) is 16.7. The lowest BCUT2D eigenvalue weighted by atomic mass is 10.1. The lowest BCUT2D eigenvalue weighted by molar-refractivity contribution is 0.432. The summed E-state index contributed by atoms with van der Waals surface area (Å²) in [4.78, 5) is 32.8. The van der Waals surface area contributed by atoms with E-state index in [4.69, 9.17) is 4.52 Å². The number of H-pyrrole nitrogens is 1. The van der Waals surface area contributed by atoms with Gasteiger partial charge >= 0.3 is 5.69 Å². The Hall–Kier alpha value is -4.26. The number of benzene rings is 3. The Balaban J connectivity index is 1.53. The van der Waals surface area contributed by atoms with E-state index in [-0.39, 0.29) is 12.1 Å². The summed E-state index contributed by atoms with van der Waals surface area (Å²) in [6, 6.07) is 22.3. The molecule has 0 aliphatic rings. The molecule has 5 rings (SSSR count). The predicted octanol–water partition coefficient (Wildman–Crippen LogP) is 3.76. The molecule has 31 heavy (non-hydrogen) atoms. The number of aryl methyl sites for hydroxylation is 1. The summed E-state index contributed by atoms with van der Waals surface area (Å²) in [6.07, 6.45) is 0. The molecule has 0 saturated heterocycles. The molecule has 2 heterocycles. The SMILES string of the molecule is Cc1ccc(Cn2c(=O)[nH]c3cc(-c4nc(-c5ccccc5)no4)ccc3c2=O)cc1. The van der Waals surface area contributed by atoms with E-state index >= 15 is 0 Å². The number of hydrogen-bond donors (Lipinski definition) is 1. The molecule has 0 unspecified atom stereocenters. The van der Waals surface area contributed by atoms with Crippen LogP contribution in [0.15, 0.2) is 86.9 Å². The van der Waals surface area contributed by atoms with E-state index < -0.39 is 5.69 Å². The summed E-state index contributed by atoms with van der Waals surface area (Å²) < 4.78 is 6.59. The van der Waals surface area contributed by atoms with Gasteiger partial charge < -0.3 is 9.51 Å². The molecule has 0 saturated carbocycles. The van der Waals surface area contributed by atoms with Crippen molar-refractivity contribution >= 4 is 10.9 Å². The van der Waals surface area contributed by atoms with Gasteiger partial charge in [-0.05, 0) is 30.7 Å². The van der Waals surface area contributed by atoms with Crippen LogP contribution in [0, 0.1) is 6.92 Å². The maximum Gasteiger partial charge on any atom is 0.329 e. The number of fused-ring (bicyclic) bond motifs is 1. The molecule has 0 spiro atoms. The fraction of sp³-hybridized carbons (Fsp3) is 0.0833. The standard InChI is InChI=1S/C24H18N4O3/c1-15-7-9-16(10-8-15)14-28-23(29)19-12-11-18(13-20(19)25-24(28)30)22-26-21(27-31-22)17-5-3-2-4-6-17/h2-13H,14H2,1H3,(H,25,30). The molecule has 0 bridgehead atoms. The number of aromatic amines is 1. The molecule has 7 heteroatoms. The van der Waals surface area contributed by atoms with Crippen LogP contribution in [0.4, 0.5) is 0 Å². The first-order valence-corrected chi connectivity index (χ1v) is 9.80. The molecule has 2 aromatic heterocycles. The first-order valence-electron chi connectivity index (χ1n) is 9.80.